The van der Waals surface area contributed by atoms with Gasteiger partial charge in [0.15, 0.2) is 0 Å². The molecule has 7 nitrogen and oxygen atoms in total. The summed E-state index contributed by atoms with van der Waals surface area (Å²) >= 11 is 24.1. The molecule has 0 atom stereocenters. The smallest absolute Gasteiger partial charge is 0.282 e. The van der Waals surface area contributed by atoms with E-state index >= 15 is 0 Å². The molecule has 0 aromatic heterocycles. The number of nitrogens with one attached hydrogen (secondary N) is 1. The second-order valence-electron chi connectivity index (χ2n) is 6.16. The normalized spacial score (nSPS) is 16.5. The lowest BCUT2D eigenvalue weighted by Crippen LogP contribution is -2.54. The van der Waals surface area contributed by atoms with Crippen molar-refractivity contribution in [3.8, 4) is 0 Å². The van der Waals surface area contributed by atoms with Crippen LogP contribution in [0.2, 0.25) is 20.1 Å². The Labute approximate surface area is 185 Å². The van der Waals surface area contributed by atoms with Gasteiger partial charge >= 0.3 is 0 Å². The number of rotatable bonds is 7. The van der Waals surface area contributed by atoms with Gasteiger partial charge in [-0.15, -0.1) is 0 Å². The summed E-state index contributed by atoms with van der Waals surface area (Å²) in [6, 6.07) is 1.40. The first-order valence-corrected chi connectivity index (χ1v) is 11.6. The third kappa shape index (κ3) is 5.43. The third-order valence-electron chi connectivity index (χ3n) is 4.43. The van der Waals surface area contributed by atoms with Gasteiger partial charge in [0.05, 0.1) is 32.3 Å². The average molecular weight is 492 g/mol. The Kier molecular flexibility index (Phi) is 8.66. The number of carbonyl (C=O) groups excluding carboxylic acids is 1. The van der Waals surface area contributed by atoms with Crippen molar-refractivity contribution in [3.05, 3.63) is 26.2 Å². The minimum Gasteiger partial charge on any atom is -0.322 e. The Morgan fingerprint density at radius 2 is 1.54 bits per heavy atom. The van der Waals surface area contributed by atoms with E-state index in [1.165, 1.54) is 14.7 Å². The largest absolute Gasteiger partial charge is 0.322 e. The number of benzene rings is 1. The number of nitrogens with zero attached hydrogens (tertiary/aromatic N) is 3. The molecule has 1 fully saturated rings. The third-order valence-corrected chi connectivity index (χ3v) is 8.19. The van der Waals surface area contributed by atoms with Crippen molar-refractivity contribution in [2.45, 2.75) is 13.8 Å². The summed E-state index contributed by atoms with van der Waals surface area (Å²) in [7, 11) is -3.47. The first-order valence-electron chi connectivity index (χ1n) is 8.72. The maximum absolute atomic E-state index is 12.6. The highest BCUT2D eigenvalue weighted by Crippen LogP contribution is 2.40. The summed E-state index contributed by atoms with van der Waals surface area (Å²) in [5.41, 5.74) is 0.161. The number of hydrogen-bond acceptors (Lipinski definition) is 4. The number of amides is 1. The highest BCUT2D eigenvalue weighted by atomic mass is 35.5. The fourth-order valence-corrected chi connectivity index (χ4v) is 5.40. The Morgan fingerprint density at radius 3 is 2.00 bits per heavy atom. The van der Waals surface area contributed by atoms with Crippen molar-refractivity contribution < 1.29 is 13.2 Å². The van der Waals surface area contributed by atoms with Gasteiger partial charge in [0, 0.05) is 39.3 Å². The van der Waals surface area contributed by atoms with E-state index in [2.05, 4.69) is 5.32 Å². The summed E-state index contributed by atoms with van der Waals surface area (Å²) in [5.74, 6) is -0.345. The molecule has 1 aliphatic rings. The highest BCUT2D eigenvalue weighted by molar-refractivity contribution is 7.86. The standard InChI is InChI=1S/C16H22Cl4N4O3S/c1-3-23(4-2)28(26,27)24-7-5-22(6-8-24)10-13(25)21-16-14(19)11(17)9-12(18)15(16)20/h9H,3-8,10H2,1-2H3,(H,21,25). The number of carbonyl (C=O) groups is 1. The van der Waals surface area contributed by atoms with Crippen LogP contribution in [-0.2, 0) is 15.0 Å². The summed E-state index contributed by atoms with van der Waals surface area (Å²) in [4.78, 5) is 14.2. The van der Waals surface area contributed by atoms with Gasteiger partial charge in [0.25, 0.3) is 10.2 Å². The van der Waals surface area contributed by atoms with Crippen LogP contribution in [0.3, 0.4) is 0 Å². The predicted molar refractivity (Wildman–Crippen MR) is 115 cm³/mol. The molecule has 0 bridgehead atoms. The highest BCUT2D eigenvalue weighted by Gasteiger charge is 2.31. The molecule has 1 amide bonds. The van der Waals surface area contributed by atoms with Crippen LogP contribution >= 0.6 is 46.4 Å². The number of halogens is 4. The molecule has 1 N–H and O–H groups in total. The maximum Gasteiger partial charge on any atom is 0.282 e. The molecule has 28 heavy (non-hydrogen) atoms. The van der Waals surface area contributed by atoms with E-state index in [1.807, 2.05) is 4.90 Å². The SMILES string of the molecule is CCN(CC)S(=O)(=O)N1CCN(CC(=O)Nc2c(Cl)c(Cl)cc(Cl)c2Cl)CC1. The minimum absolute atomic E-state index is 0.0654. The molecule has 0 radical (unpaired) electrons. The number of hydrogen-bond donors (Lipinski definition) is 1. The molecular formula is C16H22Cl4N4O3S. The summed E-state index contributed by atoms with van der Waals surface area (Å²) in [6.07, 6.45) is 0. The van der Waals surface area contributed by atoms with Crippen molar-refractivity contribution in [1.82, 2.24) is 13.5 Å². The Hall–Kier alpha value is -0.320. The van der Waals surface area contributed by atoms with Gasteiger partial charge in [-0.05, 0) is 6.07 Å². The molecule has 0 unspecified atom stereocenters. The van der Waals surface area contributed by atoms with Crippen LogP contribution in [0.15, 0.2) is 6.07 Å². The van der Waals surface area contributed by atoms with Crippen molar-refractivity contribution in [3.63, 3.8) is 0 Å². The molecule has 0 aliphatic carbocycles. The Morgan fingerprint density at radius 1 is 1.04 bits per heavy atom. The molecule has 1 saturated heterocycles. The van der Waals surface area contributed by atoms with Gasteiger partial charge in [-0.2, -0.15) is 17.0 Å². The first kappa shape index (κ1) is 24.0. The summed E-state index contributed by atoms with van der Waals surface area (Å²) < 4.78 is 28.0. The lowest BCUT2D eigenvalue weighted by molar-refractivity contribution is -0.117. The summed E-state index contributed by atoms with van der Waals surface area (Å²) in [6.45, 7) is 6.02. The molecule has 1 heterocycles. The van der Waals surface area contributed by atoms with Gasteiger partial charge in [0.1, 0.15) is 0 Å². The maximum atomic E-state index is 12.6. The van der Waals surface area contributed by atoms with E-state index in [9.17, 15) is 13.2 Å². The van der Waals surface area contributed by atoms with Crippen molar-refractivity contribution in [1.29, 1.82) is 0 Å². The van der Waals surface area contributed by atoms with Gasteiger partial charge in [-0.25, -0.2) is 0 Å². The van der Waals surface area contributed by atoms with E-state index in [0.29, 0.717) is 39.3 Å². The monoisotopic (exact) mass is 490 g/mol. The van der Waals surface area contributed by atoms with Crippen LogP contribution < -0.4 is 5.32 Å². The molecule has 1 aliphatic heterocycles. The fraction of sp³-hybridized carbons (Fsp3) is 0.562. The molecule has 1 aromatic carbocycles. The van der Waals surface area contributed by atoms with Crippen LogP contribution in [0.4, 0.5) is 5.69 Å². The van der Waals surface area contributed by atoms with Gasteiger partial charge in [-0.3, -0.25) is 9.69 Å². The number of anilines is 1. The van der Waals surface area contributed by atoms with Crippen molar-refractivity contribution in [2.24, 2.45) is 0 Å². The second-order valence-corrected chi connectivity index (χ2v) is 9.66. The lowest BCUT2D eigenvalue weighted by atomic mass is 10.3. The van der Waals surface area contributed by atoms with E-state index < -0.39 is 10.2 Å². The Bertz CT molecular complexity index is 799. The van der Waals surface area contributed by atoms with Crippen LogP contribution in [0, 0.1) is 0 Å². The van der Waals surface area contributed by atoms with Crippen LogP contribution in [0.25, 0.3) is 0 Å². The zero-order chi connectivity index (χ0) is 21.1. The second kappa shape index (κ2) is 10.1. The first-order chi connectivity index (χ1) is 13.1. The van der Waals surface area contributed by atoms with Gasteiger partial charge < -0.3 is 5.32 Å². The molecular weight excluding hydrogens is 470 g/mol. The molecule has 1 aromatic rings. The zero-order valence-corrected chi connectivity index (χ0v) is 19.4. The molecule has 2 rings (SSSR count). The summed E-state index contributed by atoms with van der Waals surface area (Å²) in [5, 5.41) is 3.22. The van der Waals surface area contributed by atoms with Crippen LogP contribution in [0.1, 0.15) is 13.8 Å². The van der Waals surface area contributed by atoms with E-state index in [1.54, 1.807) is 13.8 Å². The quantitative estimate of drug-likeness (QED) is 0.593. The Balaban J connectivity index is 1.96. The zero-order valence-electron chi connectivity index (χ0n) is 15.5. The van der Waals surface area contributed by atoms with Crippen molar-refractivity contribution in [2.75, 3.05) is 51.1 Å². The molecule has 0 spiro atoms. The van der Waals surface area contributed by atoms with E-state index in [4.69, 9.17) is 46.4 Å². The average Bonchev–Trinajstić information content (AvgIpc) is 2.65. The number of piperazine rings is 1. The topological polar surface area (TPSA) is 73.0 Å². The van der Waals surface area contributed by atoms with E-state index in [-0.39, 0.29) is 38.2 Å². The van der Waals surface area contributed by atoms with Crippen molar-refractivity contribution >= 4 is 68.2 Å². The molecule has 12 heteroatoms. The van der Waals surface area contributed by atoms with Crippen LogP contribution in [0.5, 0.6) is 0 Å². The van der Waals surface area contributed by atoms with Gasteiger partial charge in [0.2, 0.25) is 5.91 Å². The van der Waals surface area contributed by atoms with Crippen LogP contribution in [-0.4, -0.2) is 73.6 Å². The lowest BCUT2D eigenvalue weighted by Gasteiger charge is -2.36. The minimum atomic E-state index is -3.47. The van der Waals surface area contributed by atoms with Gasteiger partial charge in [-0.1, -0.05) is 60.3 Å². The fourth-order valence-electron chi connectivity index (χ4n) is 2.90. The molecule has 158 valence electrons. The molecule has 0 saturated carbocycles. The van der Waals surface area contributed by atoms with E-state index in [0.717, 1.165) is 0 Å². The predicted octanol–water partition coefficient (Wildman–Crippen LogP) is 3.44.